The first-order valence-electron chi connectivity index (χ1n) is 11.3. The van der Waals surface area contributed by atoms with E-state index in [1.165, 1.54) is 16.4 Å². The van der Waals surface area contributed by atoms with Crippen LogP contribution in [0.15, 0.2) is 95.9 Å². The molecule has 6 nitrogen and oxygen atoms in total. The van der Waals surface area contributed by atoms with Crippen molar-refractivity contribution < 1.29 is 17.9 Å². The minimum absolute atomic E-state index is 0.189. The van der Waals surface area contributed by atoms with Crippen molar-refractivity contribution in [1.82, 2.24) is 4.31 Å². The van der Waals surface area contributed by atoms with Crippen LogP contribution in [0.5, 0.6) is 0 Å². The lowest BCUT2D eigenvalue weighted by molar-refractivity contribution is 0.163. The molecule has 0 heterocycles. The molecule has 0 spiro atoms. The number of amides is 1. The van der Waals surface area contributed by atoms with Crippen LogP contribution in [0.4, 0.5) is 10.5 Å². The lowest BCUT2D eigenvalue weighted by Crippen LogP contribution is -2.30. The Bertz CT molecular complexity index is 1150. The molecular formula is C27H30N2O4S. The number of hydrogen-bond acceptors (Lipinski definition) is 4. The van der Waals surface area contributed by atoms with Gasteiger partial charge in [0.05, 0.1) is 11.5 Å². The second-order valence-corrected chi connectivity index (χ2v) is 9.45. The molecule has 0 atom stereocenters. The first-order chi connectivity index (χ1) is 16.5. The van der Waals surface area contributed by atoms with Crippen molar-refractivity contribution in [3.63, 3.8) is 0 Å². The van der Waals surface area contributed by atoms with Crippen molar-refractivity contribution in [1.29, 1.82) is 0 Å². The fourth-order valence-electron chi connectivity index (χ4n) is 3.57. The van der Waals surface area contributed by atoms with Crippen LogP contribution < -0.4 is 5.32 Å². The summed E-state index contributed by atoms with van der Waals surface area (Å²) >= 11 is 0. The van der Waals surface area contributed by atoms with Crippen LogP contribution in [0.2, 0.25) is 0 Å². The molecule has 0 aliphatic heterocycles. The van der Waals surface area contributed by atoms with Crippen LogP contribution in [0, 0.1) is 0 Å². The molecule has 0 aromatic heterocycles. The summed E-state index contributed by atoms with van der Waals surface area (Å²) < 4.78 is 31.8. The quantitative estimate of drug-likeness (QED) is 0.374. The maximum Gasteiger partial charge on any atom is 0.411 e. The zero-order valence-corrected chi connectivity index (χ0v) is 20.3. The molecule has 178 valence electrons. The van der Waals surface area contributed by atoms with E-state index in [0.717, 1.165) is 16.7 Å². The molecule has 3 aromatic carbocycles. The number of carbonyl (C=O) groups excluding carboxylic acids is 1. The molecule has 7 heteroatoms. The van der Waals surface area contributed by atoms with Gasteiger partial charge in [-0.1, -0.05) is 80.6 Å². The lowest BCUT2D eigenvalue weighted by atomic mass is 9.97. The third-order valence-corrected chi connectivity index (χ3v) is 7.38. The highest BCUT2D eigenvalue weighted by Gasteiger charge is 2.21. The molecule has 3 rings (SSSR count). The Morgan fingerprint density at radius 2 is 1.38 bits per heavy atom. The zero-order chi connectivity index (χ0) is 24.4. The van der Waals surface area contributed by atoms with Gasteiger partial charge in [0.2, 0.25) is 10.0 Å². The fourth-order valence-corrected chi connectivity index (χ4v) is 5.03. The second-order valence-electron chi connectivity index (χ2n) is 7.51. The molecule has 1 amide bonds. The Labute approximate surface area is 201 Å². The van der Waals surface area contributed by atoms with Gasteiger partial charge in [0.25, 0.3) is 0 Å². The van der Waals surface area contributed by atoms with Crippen LogP contribution in [0.3, 0.4) is 0 Å². The maximum absolute atomic E-state index is 12.6. The maximum atomic E-state index is 12.6. The van der Waals surface area contributed by atoms with Gasteiger partial charge in [0, 0.05) is 25.2 Å². The van der Waals surface area contributed by atoms with Gasteiger partial charge in [0.1, 0.15) is 0 Å². The molecule has 1 N–H and O–H groups in total. The minimum Gasteiger partial charge on any atom is -0.449 e. The van der Waals surface area contributed by atoms with Crippen molar-refractivity contribution in [3.05, 3.63) is 102 Å². The van der Waals surface area contributed by atoms with Crippen LogP contribution in [0.25, 0.3) is 5.57 Å². The van der Waals surface area contributed by atoms with Crippen molar-refractivity contribution in [2.24, 2.45) is 0 Å². The number of sulfonamides is 1. The summed E-state index contributed by atoms with van der Waals surface area (Å²) in [5, 5.41) is 2.64. The van der Waals surface area contributed by atoms with Crippen LogP contribution >= 0.6 is 0 Å². The topological polar surface area (TPSA) is 75.7 Å². The normalized spacial score (nSPS) is 11.1. The van der Waals surface area contributed by atoms with Crippen molar-refractivity contribution in [3.8, 4) is 0 Å². The highest BCUT2D eigenvalue weighted by molar-refractivity contribution is 7.89. The van der Waals surface area contributed by atoms with Crippen molar-refractivity contribution in [2.75, 3.05) is 25.0 Å². The molecule has 0 unspecified atom stereocenters. The highest BCUT2D eigenvalue weighted by Crippen LogP contribution is 2.24. The predicted molar refractivity (Wildman–Crippen MR) is 136 cm³/mol. The number of carbonyl (C=O) groups is 1. The number of nitrogens with one attached hydrogen (secondary N) is 1. The van der Waals surface area contributed by atoms with E-state index in [-0.39, 0.29) is 11.5 Å². The van der Waals surface area contributed by atoms with Gasteiger partial charge in [-0.15, -0.1) is 0 Å². The number of hydrogen-bond donors (Lipinski definition) is 1. The average molecular weight is 479 g/mol. The van der Waals surface area contributed by atoms with E-state index in [9.17, 15) is 13.2 Å². The van der Waals surface area contributed by atoms with E-state index >= 15 is 0 Å². The molecule has 0 aliphatic carbocycles. The lowest BCUT2D eigenvalue weighted by Gasteiger charge is -2.18. The molecule has 0 bridgehead atoms. The predicted octanol–water partition coefficient (Wildman–Crippen LogP) is 5.79. The second kappa shape index (κ2) is 12.2. The Balaban J connectivity index is 1.58. The third-order valence-electron chi connectivity index (χ3n) is 5.31. The fraction of sp³-hybridized carbons (Fsp3) is 0.222. The molecular weight excluding hydrogens is 448 g/mol. The van der Waals surface area contributed by atoms with Crippen LogP contribution in [0.1, 0.15) is 31.4 Å². The first kappa shape index (κ1) is 25.2. The van der Waals surface area contributed by atoms with E-state index in [2.05, 4.69) is 35.7 Å². The monoisotopic (exact) mass is 478 g/mol. The molecule has 0 aliphatic rings. The van der Waals surface area contributed by atoms with E-state index in [1.54, 1.807) is 26.0 Å². The molecule has 3 aromatic rings. The van der Waals surface area contributed by atoms with Crippen LogP contribution in [-0.4, -0.2) is 38.5 Å². The summed E-state index contributed by atoms with van der Waals surface area (Å²) in [7, 11) is -3.54. The van der Waals surface area contributed by atoms with E-state index in [1.807, 2.05) is 36.4 Å². The van der Waals surface area contributed by atoms with Crippen molar-refractivity contribution in [2.45, 2.75) is 25.2 Å². The first-order valence-corrected chi connectivity index (χ1v) is 12.7. The Morgan fingerprint density at radius 3 is 1.88 bits per heavy atom. The molecule has 0 radical (unpaired) electrons. The highest BCUT2D eigenvalue weighted by atomic mass is 32.2. The van der Waals surface area contributed by atoms with Gasteiger partial charge < -0.3 is 4.74 Å². The van der Waals surface area contributed by atoms with E-state index in [4.69, 9.17) is 4.74 Å². The van der Waals surface area contributed by atoms with E-state index in [0.29, 0.717) is 25.2 Å². The molecule has 0 fully saturated rings. The Morgan fingerprint density at radius 1 is 0.853 bits per heavy atom. The zero-order valence-electron chi connectivity index (χ0n) is 19.5. The summed E-state index contributed by atoms with van der Waals surface area (Å²) in [6.07, 6.45) is 2.02. The van der Waals surface area contributed by atoms with Gasteiger partial charge in [-0.25, -0.2) is 13.2 Å². The smallest absolute Gasteiger partial charge is 0.411 e. The summed E-state index contributed by atoms with van der Waals surface area (Å²) in [6, 6.07) is 26.2. The SMILES string of the molecule is CCN(CC)S(=O)(=O)c1ccc(NC(=O)OCCC=C(c2ccccc2)c2ccccc2)cc1. The Kier molecular flexibility index (Phi) is 9.01. The molecule has 0 saturated carbocycles. The molecule has 34 heavy (non-hydrogen) atoms. The average Bonchev–Trinajstić information content (AvgIpc) is 2.86. The van der Waals surface area contributed by atoms with Gasteiger partial charge >= 0.3 is 6.09 Å². The summed E-state index contributed by atoms with van der Waals surface area (Å²) in [5.74, 6) is 0. The van der Waals surface area contributed by atoms with Gasteiger partial charge in [0.15, 0.2) is 0 Å². The van der Waals surface area contributed by atoms with Gasteiger partial charge in [-0.05, 0) is 41.0 Å². The number of nitrogens with zero attached hydrogens (tertiary/aromatic N) is 1. The van der Waals surface area contributed by atoms with Crippen molar-refractivity contribution >= 4 is 27.4 Å². The number of benzene rings is 3. The largest absolute Gasteiger partial charge is 0.449 e. The number of rotatable bonds is 10. The summed E-state index contributed by atoms with van der Waals surface area (Å²) in [4.78, 5) is 12.4. The van der Waals surface area contributed by atoms with Gasteiger partial charge in [-0.2, -0.15) is 4.31 Å². The van der Waals surface area contributed by atoms with E-state index < -0.39 is 16.1 Å². The minimum atomic E-state index is -3.54. The standard InChI is InChI=1S/C27H30N2O4S/c1-3-29(4-2)34(31,32)25-19-17-24(18-20-25)28-27(30)33-21-11-16-26(22-12-7-5-8-13-22)23-14-9-6-10-15-23/h5-10,12-20H,3-4,11,21H2,1-2H3,(H,28,30). The summed E-state index contributed by atoms with van der Waals surface area (Å²) in [6.45, 7) is 4.60. The Hall–Kier alpha value is -3.42. The third kappa shape index (κ3) is 6.56. The number of anilines is 1. The summed E-state index contributed by atoms with van der Waals surface area (Å²) in [5.41, 5.74) is 3.74. The molecule has 0 saturated heterocycles. The van der Waals surface area contributed by atoms with Gasteiger partial charge in [-0.3, -0.25) is 5.32 Å². The van der Waals surface area contributed by atoms with Crippen LogP contribution in [-0.2, 0) is 14.8 Å². The number of ether oxygens (including phenoxy) is 1.